The first-order valence-corrected chi connectivity index (χ1v) is 18.5. The highest BCUT2D eigenvalue weighted by atomic mass is 32.1. The van der Waals surface area contributed by atoms with Gasteiger partial charge in [0.1, 0.15) is 0 Å². The molecule has 2 spiro atoms. The molecule has 0 unspecified atom stereocenters. The summed E-state index contributed by atoms with van der Waals surface area (Å²) >= 11 is 1.90. The molecular formula is C49H29NS. The van der Waals surface area contributed by atoms with Gasteiger partial charge in [-0.1, -0.05) is 146 Å². The van der Waals surface area contributed by atoms with E-state index in [9.17, 15) is 0 Å². The Labute approximate surface area is 300 Å². The van der Waals surface area contributed by atoms with Crippen molar-refractivity contribution in [2.75, 3.05) is 0 Å². The van der Waals surface area contributed by atoms with Gasteiger partial charge in [0.25, 0.3) is 0 Å². The largest absolute Gasteiger partial charge is 0.256 e. The number of hydrogen-bond acceptors (Lipinski definition) is 2. The molecule has 12 rings (SSSR count). The SMILES string of the molecule is c1ccc(-c2cccc3c2C2(c4ccccc4C4(c5ccccc5-c5ccccc54)c4ccccc42)c2c-3ccc3sc4ccccc4c23)nc1. The molecule has 0 radical (unpaired) electrons. The standard InChI is InChI=1S/C49H29NS/c1-4-19-36-30(14-1)31-15-2-5-20-37(31)48(36)38-21-6-8-23-40(38)49(41-24-9-7-22-39(41)48)46-32(17-13-18-34(46)42-25-11-12-29-50-42)33-27-28-44-45(47(33)49)35-16-3-10-26-43(35)51-44/h1-29H. The van der Waals surface area contributed by atoms with E-state index in [0.29, 0.717) is 0 Å². The molecule has 0 amide bonds. The Kier molecular flexibility index (Phi) is 5.31. The number of aromatic nitrogens is 1. The van der Waals surface area contributed by atoms with Gasteiger partial charge in [0.2, 0.25) is 0 Å². The first kappa shape index (κ1) is 27.7. The molecule has 0 saturated heterocycles. The van der Waals surface area contributed by atoms with Crippen molar-refractivity contribution in [2.24, 2.45) is 0 Å². The Morgan fingerprint density at radius 3 is 1.55 bits per heavy atom. The molecule has 2 heterocycles. The first-order chi connectivity index (χ1) is 25.3. The van der Waals surface area contributed by atoms with Gasteiger partial charge >= 0.3 is 0 Å². The molecule has 7 aromatic carbocycles. The van der Waals surface area contributed by atoms with E-state index in [1.165, 1.54) is 92.5 Å². The highest BCUT2D eigenvalue weighted by Crippen LogP contribution is 2.69. The lowest BCUT2D eigenvalue weighted by Gasteiger charge is -2.49. The van der Waals surface area contributed by atoms with E-state index in [0.717, 1.165) is 5.69 Å². The molecule has 51 heavy (non-hydrogen) atoms. The number of pyridine rings is 1. The Morgan fingerprint density at radius 2 is 0.882 bits per heavy atom. The summed E-state index contributed by atoms with van der Waals surface area (Å²) in [5, 5.41) is 2.69. The Morgan fingerprint density at radius 1 is 0.353 bits per heavy atom. The van der Waals surface area contributed by atoms with Gasteiger partial charge in [-0.15, -0.1) is 11.3 Å². The Hall–Kier alpha value is -6.09. The van der Waals surface area contributed by atoms with E-state index in [1.807, 2.05) is 23.6 Å². The van der Waals surface area contributed by atoms with Crippen LogP contribution in [0.25, 0.3) is 53.7 Å². The highest BCUT2D eigenvalue weighted by molar-refractivity contribution is 7.25. The number of hydrogen-bond donors (Lipinski definition) is 0. The molecular weight excluding hydrogens is 635 g/mol. The van der Waals surface area contributed by atoms with Crippen molar-refractivity contribution in [3.63, 3.8) is 0 Å². The minimum absolute atomic E-state index is 0.473. The Balaban J connectivity index is 1.35. The van der Waals surface area contributed by atoms with Gasteiger partial charge < -0.3 is 0 Å². The zero-order chi connectivity index (χ0) is 33.3. The fourth-order valence-electron chi connectivity index (χ4n) is 10.4. The van der Waals surface area contributed by atoms with Crippen LogP contribution < -0.4 is 0 Å². The second-order valence-corrected chi connectivity index (χ2v) is 15.2. The van der Waals surface area contributed by atoms with Crippen molar-refractivity contribution in [1.29, 1.82) is 0 Å². The maximum absolute atomic E-state index is 5.01. The second kappa shape index (κ2) is 9.78. The lowest BCUT2D eigenvalue weighted by atomic mass is 9.51. The summed E-state index contributed by atoms with van der Waals surface area (Å²) in [4.78, 5) is 5.01. The second-order valence-electron chi connectivity index (χ2n) is 14.1. The van der Waals surface area contributed by atoms with Gasteiger partial charge in [0.05, 0.1) is 16.5 Å². The summed E-state index contributed by atoms with van der Waals surface area (Å²) in [6.07, 6.45) is 1.93. The van der Waals surface area contributed by atoms with E-state index in [2.05, 4.69) is 164 Å². The van der Waals surface area contributed by atoms with Crippen LogP contribution in [0, 0.1) is 0 Å². The lowest BCUT2D eigenvalue weighted by Crippen LogP contribution is -2.44. The molecule has 0 N–H and O–H groups in total. The van der Waals surface area contributed by atoms with Crippen molar-refractivity contribution in [1.82, 2.24) is 4.98 Å². The zero-order valence-electron chi connectivity index (χ0n) is 27.6. The van der Waals surface area contributed by atoms with Crippen LogP contribution in [0.3, 0.4) is 0 Å². The number of rotatable bonds is 1. The van der Waals surface area contributed by atoms with Crippen LogP contribution in [-0.2, 0) is 10.8 Å². The molecule has 1 nitrogen and oxygen atoms in total. The molecule has 0 fully saturated rings. The average molecular weight is 664 g/mol. The fraction of sp³-hybridized carbons (Fsp3) is 0.0408. The van der Waals surface area contributed by atoms with Crippen molar-refractivity contribution in [3.8, 4) is 33.5 Å². The third kappa shape index (κ3) is 3.17. The molecule has 0 aliphatic heterocycles. The van der Waals surface area contributed by atoms with Crippen LogP contribution in [0.4, 0.5) is 0 Å². The molecule has 0 saturated carbocycles. The van der Waals surface area contributed by atoms with Gasteiger partial charge in [-0.25, -0.2) is 0 Å². The molecule has 3 aliphatic rings. The van der Waals surface area contributed by atoms with Gasteiger partial charge in [-0.3, -0.25) is 4.98 Å². The predicted octanol–water partition coefficient (Wildman–Crippen LogP) is 12.2. The smallest absolute Gasteiger partial charge is 0.0733 e. The minimum Gasteiger partial charge on any atom is -0.256 e. The fourth-order valence-corrected chi connectivity index (χ4v) is 11.5. The maximum atomic E-state index is 5.01. The average Bonchev–Trinajstić information content (AvgIpc) is 3.83. The number of fused-ring (bicyclic) bond motifs is 20. The van der Waals surface area contributed by atoms with E-state index < -0.39 is 10.8 Å². The molecule has 2 heteroatoms. The van der Waals surface area contributed by atoms with Gasteiger partial charge in [-0.2, -0.15) is 0 Å². The normalized spacial score (nSPS) is 15.0. The van der Waals surface area contributed by atoms with E-state index in [-0.39, 0.29) is 0 Å². The van der Waals surface area contributed by atoms with Crippen molar-refractivity contribution in [3.05, 3.63) is 221 Å². The van der Waals surface area contributed by atoms with E-state index >= 15 is 0 Å². The quantitative estimate of drug-likeness (QED) is 0.170. The van der Waals surface area contributed by atoms with Gasteiger partial charge in [-0.05, 0) is 91.0 Å². The monoisotopic (exact) mass is 663 g/mol. The van der Waals surface area contributed by atoms with Crippen LogP contribution in [0.15, 0.2) is 176 Å². The van der Waals surface area contributed by atoms with Crippen LogP contribution in [-0.4, -0.2) is 4.98 Å². The molecule has 0 atom stereocenters. The predicted molar refractivity (Wildman–Crippen MR) is 211 cm³/mol. The summed E-state index contributed by atoms with van der Waals surface area (Å²) in [7, 11) is 0. The van der Waals surface area contributed by atoms with Crippen molar-refractivity contribution < 1.29 is 0 Å². The van der Waals surface area contributed by atoms with Crippen molar-refractivity contribution in [2.45, 2.75) is 10.8 Å². The van der Waals surface area contributed by atoms with Crippen LogP contribution in [0.1, 0.15) is 44.5 Å². The zero-order valence-corrected chi connectivity index (χ0v) is 28.4. The number of benzene rings is 7. The molecule has 236 valence electrons. The number of nitrogens with zero attached hydrogens (tertiary/aromatic N) is 1. The number of thiophene rings is 1. The molecule has 9 aromatic rings. The topological polar surface area (TPSA) is 12.9 Å². The lowest BCUT2D eigenvalue weighted by molar-refractivity contribution is 0.636. The molecule has 2 aromatic heterocycles. The maximum Gasteiger partial charge on any atom is 0.0733 e. The third-order valence-electron chi connectivity index (χ3n) is 12.0. The van der Waals surface area contributed by atoms with E-state index in [1.54, 1.807) is 0 Å². The Bertz CT molecular complexity index is 2840. The van der Waals surface area contributed by atoms with Crippen LogP contribution in [0.5, 0.6) is 0 Å². The minimum atomic E-state index is -0.604. The third-order valence-corrected chi connectivity index (χ3v) is 13.1. The molecule has 0 bridgehead atoms. The van der Waals surface area contributed by atoms with Gasteiger partial charge in [0.15, 0.2) is 0 Å². The van der Waals surface area contributed by atoms with Crippen LogP contribution in [0.2, 0.25) is 0 Å². The summed E-state index contributed by atoms with van der Waals surface area (Å²) in [6.45, 7) is 0. The summed E-state index contributed by atoms with van der Waals surface area (Å²) in [5.41, 5.74) is 17.2. The van der Waals surface area contributed by atoms with Crippen LogP contribution >= 0.6 is 11.3 Å². The first-order valence-electron chi connectivity index (χ1n) is 17.7. The summed E-state index contributed by atoms with van der Waals surface area (Å²) < 4.78 is 2.65. The molecule has 3 aliphatic carbocycles. The summed E-state index contributed by atoms with van der Waals surface area (Å²) in [5.74, 6) is 0. The summed E-state index contributed by atoms with van der Waals surface area (Å²) in [6, 6.07) is 63.9. The van der Waals surface area contributed by atoms with Crippen molar-refractivity contribution >= 4 is 31.5 Å². The van der Waals surface area contributed by atoms with Gasteiger partial charge in [0, 0.05) is 31.9 Å². The van der Waals surface area contributed by atoms with E-state index in [4.69, 9.17) is 4.98 Å². The highest BCUT2D eigenvalue weighted by Gasteiger charge is 2.60.